The summed E-state index contributed by atoms with van der Waals surface area (Å²) in [4.78, 5) is 15.9. The van der Waals surface area contributed by atoms with Gasteiger partial charge in [-0.1, -0.05) is 12.1 Å². The summed E-state index contributed by atoms with van der Waals surface area (Å²) in [6, 6.07) is 11.1. The molecule has 23 heavy (non-hydrogen) atoms. The van der Waals surface area contributed by atoms with E-state index in [0.717, 1.165) is 17.1 Å². The van der Waals surface area contributed by atoms with E-state index in [1.54, 1.807) is 40.1 Å². The molecule has 0 saturated carbocycles. The number of carbonyl (C=O) groups excluding carboxylic acids is 1. The van der Waals surface area contributed by atoms with Crippen molar-refractivity contribution in [2.24, 2.45) is 0 Å². The minimum Gasteiger partial charge on any atom is -0.495 e. The molecule has 0 aliphatic rings. The smallest absolute Gasteiger partial charge is 0.413 e. The molecule has 0 atom stereocenters. The Bertz CT molecular complexity index is 664. The zero-order chi connectivity index (χ0) is 16.9. The number of methoxy groups -OCH3 is 1. The molecule has 1 aromatic carbocycles. The fourth-order valence-electron chi connectivity index (χ4n) is 1.85. The van der Waals surface area contributed by atoms with Crippen LogP contribution in [0.15, 0.2) is 42.6 Å². The van der Waals surface area contributed by atoms with Crippen molar-refractivity contribution < 1.29 is 14.3 Å². The lowest BCUT2D eigenvalue weighted by Crippen LogP contribution is -2.27. The van der Waals surface area contributed by atoms with Crippen molar-refractivity contribution in [3.8, 4) is 5.75 Å². The van der Waals surface area contributed by atoms with Gasteiger partial charge in [0, 0.05) is 0 Å². The fourth-order valence-corrected chi connectivity index (χ4v) is 1.85. The first-order valence-electron chi connectivity index (χ1n) is 7.23. The van der Waals surface area contributed by atoms with E-state index < -0.39 is 11.7 Å². The van der Waals surface area contributed by atoms with Crippen molar-refractivity contribution in [1.82, 2.24) is 4.98 Å². The third kappa shape index (κ3) is 5.18. The molecule has 6 heteroatoms. The molecule has 2 aromatic rings. The number of carbonyl (C=O) groups is 1. The summed E-state index contributed by atoms with van der Waals surface area (Å²) in [5, 5.41) is 5.80. The van der Waals surface area contributed by atoms with Crippen LogP contribution in [0.4, 0.5) is 22.0 Å². The van der Waals surface area contributed by atoms with Gasteiger partial charge in [-0.05, 0) is 45.0 Å². The summed E-state index contributed by atoms with van der Waals surface area (Å²) < 4.78 is 10.5. The van der Waals surface area contributed by atoms with Gasteiger partial charge in [0.05, 0.1) is 24.7 Å². The highest BCUT2D eigenvalue weighted by Crippen LogP contribution is 2.26. The average Bonchev–Trinajstić information content (AvgIpc) is 2.48. The van der Waals surface area contributed by atoms with E-state index in [0.29, 0.717) is 5.82 Å². The summed E-state index contributed by atoms with van der Waals surface area (Å²) in [7, 11) is 1.62. The number of benzene rings is 1. The molecule has 0 radical (unpaired) electrons. The van der Waals surface area contributed by atoms with Gasteiger partial charge >= 0.3 is 6.09 Å². The number of aromatic nitrogens is 1. The van der Waals surface area contributed by atoms with Crippen LogP contribution in [0.2, 0.25) is 0 Å². The maximum Gasteiger partial charge on any atom is 0.413 e. The van der Waals surface area contributed by atoms with Crippen LogP contribution in [0.25, 0.3) is 0 Å². The summed E-state index contributed by atoms with van der Waals surface area (Å²) in [6.45, 7) is 5.42. The molecule has 0 aliphatic heterocycles. The summed E-state index contributed by atoms with van der Waals surface area (Å²) in [5.74, 6) is 1.16. The van der Waals surface area contributed by atoms with Gasteiger partial charge in [-0.15, -0.1) is 0 Å². The number of nitrogens with one attached hydrogen (secondary N) is 2. The quantitative estimate of drug-likeness (QED) is 0.885. The van der Waals surface area contributed by atoms with Gasteiger partial charge in [0.1, 0.15) is 17.2 Å². The van der Waals surface area contributed by atoms with Crippen molar-refractivity contribution in [3.05, 3.63) is 42.6 Å². The van der Waals surface area contributed by atoms with Crippen LogP contribution in [0, 0.1) is 0 Å². The Balaban J connectivity index is 2.01. The Morgan fingerprint density at radius 2 is 1.87 bits per heavy atom. The van der Waals surface area contributed by atoms with Gasteiger partial charge in [-0.25, -0.2) is 9.78 Å². The maximum atomic E-state index is 11.7. The number of anilines is 3. The molecule has 0 bridgehead atoms. The monoisotopic (exact) mass is 315 g/mol. The van der Waals surface area contributed by atoms with E-state index in [4.69, 9.17) is 9.47 Å². The molecule has 2 N–H and O–H groups in total. The summed E-state index contributed by atoms with van der Waals surface area (Å²) in [5.41, 5.74) is 1.07. The molecule has 1 heterocycles. The van der Waals surface area contributed by atoms with Gasteiger partial charge < -0.3 is 14.8 Å². The highest BCUT2D eigenvalue weighted by Gasteiger charge is 2.16. The second-order valence-corrected chi connectivity index (χ2v) is 5.88. The van der Waals surface area contributed by atoms with E-state index in [1.807, 2.05) is 30.3 Å². The molecule has 122 valence electrons. The number of rotatable bonds is 4. The minimum atomic E-state index is -0.546. The Kier molecular flexibility index (Phi) is 5.05. The van der Waals surface area contributed by atoms with Crippen LogP contribution in [-0.2, 0) is 4.74 Å². The molecule has 2 rings (SSSR count). The minimum absolute atomic E-state index is 0.421. The Labute approximate surface area is 135 Å². The number of para-hydroxylation sites is 2. The number of hydrogen-bond donors (Lipinski definition) is 2. The molecule has 0 saturated heterocycles. The summed E-state index contributed by atoms with van der Waals surface area (Å²) >= 11 is 0. The number of nitrogens with zero attached hydrogens (tertiary/aromatic N) is 1. The highest BCUT2D eigenvalue weighted by molar-refractivity contribution is 5.83. The van der Waals surface area contributed by atoms with Gasteiger partial charge in [0.25, 0.3) is 0 Å². The lowest BCUT2D eigenvalue weighted by molar-refractivity contribution is 0.0635. The van der Waals surface area contributed by atoms with Crippen molar-refractivity contribution in [1.29, 1.82) is 0 Å². The molecular formula is C17H21N3O3. The number of ether oxygens (including phenoxy) is 2. The van der Waals surface area contributed by atoms with Crippen LogP contribution in [-0.4, -0.2) is 23.8 Å². The predicted octanol–water partition coefficient (Wildman–Crippen LogP) is 4.18. The topological polar surface area (TPSA) is 72.5 Å². The first-order chi connectivity index (χ1) is 10.9. The second-order valence-electron chi connectivity index (χ2n) is 5.88. The predicted molar refractivity (Wildman–Crippen MR) is 90.4 cm³/mol. The zero-order valence-electron chi connectivity index (χ0n) is 13.7. The fraction of sp³-hybridized carbons (Fsp3) is 0.294. The van der Waals surface area contributed by atoms with E-state index in [9.17, 15) is 4.79 Å². The van der Waals surface area contributed by atoms with E-state index >= 15 is 0 Å². The van der Waals surface area contributed by atoms with Crippen LogP contribution >= 0.6 is 0 Å². The molecule has 1 amide bonds. The molecular weight excluding hydrogens is 294 g/mol. The number of hydrogen-bond acceptors (Lipinski definition) is 5. The van der Waals surface area contributed by atoms with E-state index in [1.165, 1.54) is 0 Å². The van der Waals surface area contributed by atoms with E-state index in [2.05, 4.69) is 15.6 Å². The Morgan fingerprint density at radius 1 is 1.13 bits per heavy atom. The standard InChI is InChI=1S/C17H21N3O3/c1-17(2,3)23-16(21)20-15-10-9-12(11-18-15)19-13-7-5-6-8-14(13)22-4/h5-11,19H,1-4H3,(H,18,20,21). The van der Waals surface area contributed by atoms with Crippen LogP contribution in [0.5, 0.6) is 5.75 Å². The summed E-state index contributed by atoms with van der Waals surface area (Å²) in [6.07, 6.45) is 1.09. The lowest BCUT2D eigenvalue weighted by atomic mass is 10.2. The first-order valence-corrected chi connectivity index (χ1v) is 7.23. The van der Waals surface area contributed by atoms with Gasteiger partial charge in [-0.2, -0.15) is 0 Å². The van der Waals surface area contributed by atoms with Gasteiger partial charge in [0.2, 0.25) is 0 Å². The van der Waals surface area contributed by atoms with Crippen molar-refractivity contribution in [3.63, 3.8) is 0 Å². The third-order valence-electron chi connectivity index (χ3n) is 2.78. The lowest BCUT2D eigenvalue weighted by Gasteiger charge is -2.19. The maximum absolute atomic E-state index is 11.7. The Morgan fingerprint density at radius 3 is 2.48 bits per heavy atom. The normalized spacial score (nSPS) is 10.8. The highest BCUT2D eigenvalue weighted by atomic mass is 16.6. The molecule has 0 unspecified atom stereocenters. The van der Waals surface area contributed by atoms with Crippen molar-refractivity contribution >= 4 is 23.3 Å². The SMILES string of the molecule is COc1ccccc1Nc1ccc(NC(=O)OC(C)(C)C)nc1. The second kappa shape index (κ2) is 7.00. The largest absolute Gasteiger partial charge is 0.495 e. The van der Waals surface area contributed by atoms with Gasteiger partial charge in [-0.3, -0.25) is 5.32 Å². The molecule has 0 spiro atoms. The Hall–Kier alpha value is -2.76. The number of amides is 1. The van der Waals surface area contributed by atoms with E-state index in [-0.39, 0.29) is 0 Å². The van der Waals surface area contributed by atoms with Crippen molar-refractivity contribution in [2.75, 3.05) is 17.7 Å². The average molecular weight is 315 g/mol. The first kappa shape index (κ1) is 16.6. The molecule has 6 nitrogen and oxygen atoms in total. The van der Waals surface area contributed by atoms with Gasteiger partial charge in [0.15, 0.2) is 0 Å². The molecule has 0 fully saturated rings. The van der Waals surface area contributed by atoms with Crippen LogP contribution < -0.4 is 15.4 Å². The van der Waals surface area contributed by atoms with Crippen LogP contribution in [0.3, 0.4) is 0 Å². The van der Waals surface area contributed by atoms with Crippen LogP contribution in [0.1, 0.15) is 20.8 Å². The molecule has 0 aliphatic carbocycles. The molecule has 1 aromatic heterocycles. The zero-order valence-corrected chi connectivity index (χ0v) is 13.7. The van der Waals surface area contributed by atoms with Crippen molar-refractivity contribution in [2.45, 2.75) is 26.4 Å². The third-order valence-corrected chi connectivity index (χ3v) is 2.78. The number of pyridine rings is 1.